The van der Waals surface area contributed by atoms with E-state index in [1.54, 1.807) is 7.05 Å². The number of carbonyl (C=O) groups is 2. The molecule has 2 unspecified atom stereocenters. The topological polar surface area (TPSA) is 57.6 Å². The Morgan fingerprint density at radius 3 is 2.47 bits per heavy atom. The van der Waals surface area contributed by atoms with Gasteiger partial charge in [-0.05, 0) is 18.8 Å². The van der Waals surface area contributed by atoms with Crippen molar-refractivity contribution in [1.82, 2.24) is 4.90 Å². The third kappa shape index (κ3) is 2.13. The minimum atomic E-state index is -0.969. The second kappa shape index (κ2) is 4.21. The molecule has 0 saturated heterocycles. The first-order chi connectivity index (χ1) is 6.90. The Bertz CT molecular complexity index is 277. The zero-order valence-corrected chi connectivity index (χ0v) is 9.62. The van der Waals surface area contributed by atoms with Crippen LogP contribution in [-0.4, -0.2) is 34.5 Å². The first-order valence-electron chi connectivity index (χ1n) is 5.38. The molecule has 1 rings (SSSR count). The average Bonchev–Trinajstić information content (AvgIpc) is 2.16. The molecule has 0 aromatic carbocycles. The summed E-state index contributed by atoms with van der Waals surface area (Å²) in [6, 6.07) is 0. The summed E-state index contributed by atoms with van der Waals surface area (Å²) in [6.07, 6.45) is 3.08. The summed E-state index contributed by atoms with van der Waals surface area (Å²) in [6.45, 7) is 3.47. The molecule has 1 aliphatic carbocycles. The lowest BCUT2D eigenvalue weighted by atomic mass is 9.75. The van der Waals surface area contributed by atoms with Crippen LogP contribution in [0.5, 0.6) is 0 Å². The molecule has 0 aromatic rings. The molecule has 0 radical (unpaired) electrons. The van der Waals surface area contributed by atoms with Crippen LogP contribution in [0.4, 0.5) is 0 Å². The smallest absolute Gasteiger partial charge is 0.329 e. The van der Waals surface area contributed by atoms with Crippen LogP contribution in [0, 0.1) is 5.92 Å². The Morgan fingerprint density at radius 2 is 2.07 bits per heavy atom. The summed E-state index contributed by atoms with van der Waals surface area (Å²) in [5.41, 5.74) is -0.969. The predicted octanol–water partition coefficient (Wildman–Crippen LogP) is 1.50. The van der Waals surface area contributed by atoms with Crippen molar-refractivity contribution in [3.8, 4) is 0 Å². The van der Waals surface area contributed by atoms with E-state index in [-0.39, 0.29) is 5.91 Å². The van der Waals surface area contributed by atoms with Crippen molar-refractivity contribution >= 4 is 11.9 Å². The fourth-order valence-corrected chi connectivity index (χ4v) is 2.47. The number of hydrogen-bond acceptors (Lipinski definition) is 2. The van der Waals surface area contributed by atoms with Gasteiger partial charge in [-0.1, -0.05) is 19.8 Å². The highest BCUT2D eigenvalue weighted by atomic mass is 16.4. The van der Waals surface area contributed by atoms with Gasteiger partial charge >= 0.3 is 5.97 Å². The first kappa shape index (κ1) is 12.0. The van der Waals surface area contributed by atoms with Crippen LogP contribution >= 0.6 is 0 Å². The number of hydrogen-bond donors (Lipinski definition) is 1. The molecular weight excluding hydrogens is 194 g/mol. The molecule has 0 bridgehead atoms. The van der Waals surface area contributed by atoms with E-state index in [0.717, 1.165) is 12.8 Å². The monoisotopic (exact) mass is 213 g/mol. The van der Waals surface area contributed by atoms with E-state index in [2.05, 4.69) is 0 Å². The van der Waals surface area contributed by atoms with Crippen molar-refractivity contribution in [3.05, 3.63) is 0 Å². The van der Waals surface area contributed by atoms with E-state index in [4.69, 9.17) is 0 Å². The van der Waals surface area contributed by atoms with Gasteiger partial charge in [0.15, 0.2) is 0 Å². The summed E-state index contributed by atoms with van der Waals surface area (Å²) < 4.78 is 0. The molecule has 1 saturated carbocycles. The van der Waals surface area contributed by atoms with Crippen molar-refractivity contribution < 1.29 is 14.7 Å². The second-order valence-corrected chi connectivity index (χ2v) is 4.62. The SMILES string of the molecule is CC(=O)N(C)C1(C(=O)O)CCCC(C)C1. The van der Waals surface area contributed by atoms with E-state index in [0.29, 0.717) is 18.8 Å². The van der Waals surface area contributed by atoms with Crippen molar-refractivity contribution in [3.63, 3.8) is 0 Å². The maximum atomic E-state index is 11.4. The van der Waals surface area contributed by atoms with Gasteiger partial charge in [0.05, 0.1) is 0 Å². The second-order valence-electron chi connectivity index (χ2n) is 4.62. The Hall–Kier alpha value is -1.06. The molecule has 2 atom stereocenters. The summed E-state index contributed by atoms with van der Waals surface area (Å²) in [5, 5.41) is 9.33. The summed E-state index contributed by atoms with van der Waals surface area (Å²) in [5.74, 6) is -0.671. The zero-order valence-electron chi connectivity index (χ0n) is 9.62. The van der Waals surface area contributed by atoms with Gasteiger partial charge in [-0.3, -0.25) is 4.79 Å². The van der Waals surface area contributed by atoms with E-state index in [1.807, 2.05) is 6.92 Å². The standard InChI is InChI=1S/C11H19NO3/c1-8-5-4-6-11(7-8,10(14)15)12(3)9(2)13/h8H,4-7H2,1-3H3,(H,14,15). The Kier molecular flexibility index (Phi) is 3.37. The maximum absolute atomic E-state index is 11.4. The van der Waals surface area contributed by atoms with Crippen LogP contribution in [0.3, 0.4) is 0 Å². The largest absolute Gasteiger partial charge is 0.479 e. The number of amides is 1. The summed E-state index contributed by atoms with van der Waals surface area (Å²) in [7, 11) is 1.59. The number of carboxylic acid groups (broad SMARTS) is 1. The minimum Gasteiger partial charge on any atom is -0.479 e. The highest BCUT2D eigenvalue weighted by Crippen LogP contribution is 2.36. The fraction of sp³-hybridized carbons (Fsp3) is 0.818. The van der Waals surface area contributed by atoms with E-state index in [1.165, 1.54) is 11.8 Å². The van der Waals surface area contributed by atoms with Crippen LogP contribution in [0.2, 0.25) is 0 Å². The fourth-order valence-electron chi connectivity index (χ4n) is 2.47. The van der Waals surface area contributed by atoms with Crippen LogP contribution in [0.25, 0.3) is 0 Å². The lowest BCUT2D eigenvalue weighted by molar-refractivity contribution is -0.160. The van der Waals surface area contributed by atoms with Gasteiger partial charge in [0.25, 0.3) is 0 Å². The number of rotatable bonds is 2. The van der Waals surface area contributed by atoms with Crippen molar-refractivity contribution in [2.75, 3.05) is 7.05 Å². The third-order valence-electron chi connectivity index (χ3n) is 3.49. The molecule has 0 heterocycles. The van der Waals surface area contributed by atoms with E-state index < -0.39 is 11.5 Å². The molecule has 86 valence electrons. The minimum absolute atomic E-state index is 0.175. The molecule has 4 nitrogen and oxygen atoms in total. The van der Waals surface area contributed by atoms with Gasteiger partial charge in [-0.15, -0.1) is 0 Å². The van der Waals surface area contributed by atoms with Crippen molar-refractivity contribution in [2.24, 2.45) is 5.92 Å². The van der Waals surface area contributed by atoms with Crippen molar-refractivity contribution in [1.29, 1.82) is 0 Å². The summed E-state index contributed by atoms with van der Waals surface area (Å²) >= 11 is 0. The van der Waals surface area contributed by atoms with E-state index in [9.17, 15) is 14.7 Å². The number of likely N-dealkylation sites (N-methyl/N-ethyl adjacent to an activating group) is 1. The lowest BCUT2D eigenvalue weighted by Crippen LogP contribution is -2.56. The summed E-state index contributed by atoms with van der Waals surface area (Å²) in [4.78, 5) is 24.1. The molecule has 1 aliphatic rings. The quantitative estimate of drug-likeness (QED) is 0.756. The normalized spacial score (nSPS) is 31.0. The molecule has 1 N–H and O–H groups in total. The molecule has 0 spiro atoms. The third-order valence-corrected chi connectivity index (χ3v) is 3.49. The predicted molar refractivity (Wildman–Crippen MR) is 56.4 cm³/mol. The van der Waals surface area contributed by atoms with Gasteiger partial charge in [0.1, 0.15) is 5.54 Å². The van der Waals surface area contributed by atoms with Gasteiger partial charge in [-0.2, -0.15) is 0 Å². The zero-order chi connectivity index (χ0) is 11.6. The van der Waals surface area contributed by atoms with E-state index >= 15 is 0 Å². The molecule has 1 fully saturated rings. The Labute approximate surface area is 90.3 Å². The first-order valence-corrected chi connectivity index (χ1v) is 5.38. The van der Waals surface area contributed by atoms with Gasteiger partial charge in [0, 0.05) is 14.0 Å². The number of nitrogens with zero attached hydrogens (tertiary/aromatic N) is 1. The highest BCUT2D eigenvalue weighted by molar-refractivity contribution is 5.86. The molecule has 15 heavy (non-hydrogen) atoms. The van der Waals surface area contributed by atoms with Crippen LogP contribution < -0.4 is 0 Å². The number of carbonyl (C=O) groups excluding carboxylic acids is 1. The van der Waals surface area contributed by atoms with Crippen LogP contribution in [0.1, 0.15) is 39.5 Å². The molecule has 1 amide bonds. The Balaban J connectivity index is 2.97. The maximum Gasteiger partial charge on any atom is 0.329 e. The number of carboxylic acids is 1. The average molecular weight is 213 g/mol. The Morgan fingerprint density at radius 1 is 1.47 bits per heavy atom. The number of aliphatic carboxylic acids is 1. The molecule has 0 aliphatic heterocycles. The van der Waals surface area contributed by atoms with Gasteiger partial charge < -0.3 is 10.0 Å². The molecule has 0 aromatic heterocycles. The highest BCUT2D eigenvalue weighted by Gasteiger charge is 2.46. The lowest BCUT2D eigenvalue weighted by Gasteiger charge is -2.42. The van der Waals surface area contributed by atoms with Gasteiger partial charge in [0.2, 0.25) is 5.91 Å². The van der Waals surface area contributed by atoms with Crippen molar-refractivity contribution in [2.45, 2.75) is 45.1 Å². The molecule has 4 heteroatoms. The van der Waals surface area contributed by atoms with Crippen LogP contribution in [0.15, 0.2) is 0 Å². The van der Waals surface area contributed by atoms with Crippen LogP contribution in [-0.2, 0) is 9.59 Å². The molecular formula is C11H19NO3. The van der Waals surface area contributed by atoms with Gasteiger partial charge in [-0.25, -0.2) is 4.79 Å².